The molecule has 2 aromatic rings. The minimum Gasteiger partial charge on any atom is -0.379 e. The van der Waals surface area contributed by atoms with Crippen LogP contribution in [0.3, 0.4) is 0 Å². The van der Waals surface area contributed by atoms with E-state index in [1.165, 1.54) is 10.5 Å². The largest absolute Gasteiger partial charge is 0.419 e. The number of sulfonamides is 1. The van der Waals surface area contributed by atoms with E-state index in [-0.39, 0.29) is 44.3 Å². The van der Waals surface area contributed by atoms with Crippen LogP contribution in [0.4, 0.5) is 23.4 Å². The number of morpholine rings is 1. The van der Waals surface area contributed by atoms with E-state index in [4.69, 9.17) is 4.74 Å². The summed E-state index contributed by atoms with van der Waals surface area (Å²) in [6, 6.07) is 4.89. The number of halogens is 4. The van der Waals surface area contributed by atoms with Crippen molar-refractivity contribution in [3.8, 4) is 0 Å². The molecule has 1 fully saturated rings. The Kier molecular flexibility index (Phi) is 7.31. The molecule has 2 N–H and O–H groups in total. The molecule has 0 spiro atoms. The number of carbonyl (C=O) groups excluding carboxylic acids is 1. The van der Waals surface area contributed by atoms with Gasteiger partial charge in [0.15, 0.2) is 0 Å². The van der Waals surface area contributed by atoms with Crippen LogP contribution in [0.25, 0.3) is 0 Å². The van der Waals surface area contributed by atoms with Crippen LogP contribution in [0.5, 0.6) is 0 Å². The number of nitrogens with zero attached hydrogens (tertiary/aromatic N) is 2. The summed E-state index contributed by atoms with van der Waals surface area (Å²) in [6.45, 7) is 0.451. The Balaban J connectivity index is 1.64. The average molecular weight is 476 g/mol. The molecule has 0 atom stereocenters. The number of amides is 1. The Hall–Kier alpha value is -2.77. The molecule has 1 aliphatic heterocycles. The van der Waals surface area contributed by atoms with Gasteiger partial charge in [-0.15, -0.1) is 0 Å². The number of rotatable bonds is 7. The van der Waals surface area contributed by atoms with Gasteiger partial charge in [0, 0.05) is 32.4 Å². The summed E-state index contributed by atoms with van der Waals surface area (Å²) in [5, 5.41) is 4.81. The van der Waals surface area contributed by atoms with E-state index in [1.54, 1.807) is 0 Å². The molecule has 1 saturated heterocycles. The predicted molar refractivity (Wildman–Crippen MR) is 106 cm³/mol. The van der Waals surface area contributed by atoms with Crippen molar-refractivity contribution < 1.29 is 35.5 Å². The molecule has 0 unspecified atom stereocenters. The molecular weight excluding hydrogens is 456 g/mol. The predicted octanol–water partition coefficient (Wildman–Crippen LogP) is 2.10. The van der Waals surface area contributed by atoms with Crippen LogP contribution in [0.1, 0.15) is 15.9 Å². The van der Waals surface area contributed by atoms with Gasteiger partial charge in [-0.2, -0.15) is 17.5 Å². The molecule has 8 nitrogen and oxygen atoms in total. The van der Waals surface area contributed by atoms with Gasteiger partial charge in [0.05, 0.1) is 29.2 Å². The molecule has 0 radical (unpaired) electrons. The zero-order chi connectivity index (χ0) is 23.4. The van der Waals surface area contributed by atoms with Gasteiger partial charge >= 0.3 is 6.18 Å². The van der Waals surface area contributed by atoms with E-state index < -0.39 is 44.9 Å². The van der Waals surface area contributed by atoms with Gasteiger partial charge < -0.3 is 15.4 Å². The third-order valence-electron chi connectivity index (χ3n) is 4.61. The number of hydrogen-bond acceptors (Lipinski definition) is 6. The summed E-state index contributed by atoms with van der Waals surface area (Å²) in [4.78, 5) is 15.7. The van der Waals surface area contributed by atoms with E-state index in [2.05, 4.69) is 15.6 Å². The zero-order valence-electron chi connectivity index (χ0n) is 16.7. The van der Waals surface area contributed by atoms with Crippen LogP contribution >= 0.6 is 0 Å². The summed E-state index contributed by atoms with van der Waals surface area (Å²) >= 11 is 0. The molecule has 0 bridgehead atoms. The number of alkyl halides is 3. The third kappa shape index (κ3) is 5.53. The summed E-state index contributed by atoms with van der Waals surface area (Å²) in [7, 11) is -3.94. The first-order chi connectivity index (χ1) is 15.1. The lowest BCUT2D eigenvalue weighted by molar-refractivity contribution is -0.137. The molecule has 3 rings (SSSR count). The molecule has 13 heteroatoms. The number of benzene rings is 1. The van der Waals surface area contributed by atoms with Crippen molar-refractivity contribution in [2.45, 2.75) is 11.1 Å². The minimum absolute atomic E-state index is 0.126. The van der Waals surface area contributed by atoms with Gasteiger partial charge in [-0.25, -0.2) is 17.8 Å². The molecule has 1 aromatic heterocycles. The maximum absolute atomic E-state index is 14.2. The van der Waals surface area contributed by atoms with Crippen molar-refractivity contribution >= 4 is 21.7 Å². The number of aromatic nitrogens is 1. The van der Waals surface area contributed by atoms with Crippen LogP contribution in [0, 0.1) is 5.82 Å². The summed E-state index contributed by atoms with van der Waals surface area (Å²) in [5.74, 6) is -2.24. The first kappa shape index (κ1) is 23.9. The summed E-state index contributed by atoms with van der Waals surface area (Å²) in [5.41, 5.74) is -1.45. The van der Waals surface area contributed by atoms with Crippen LogP contribution in [-0.2, 0) is 20.9 Å². The Labute approximate surface area is 181 Å². The minimum atomic E-state index is -4.60. The highest BCUT2D eigenvalue weighted by molar-refractivity contribution is 7.89. The second-order valence-corrected chi connectivity index (χ2v) is 8.68. The van der Waals surface area contributed by atoms with Crippen molar-refractivity contribution in [2.75, 3.05) is 44.7 Å². The van der Waals surface area contributed by atoms with Gasteiger partial charge in [0.1, 0.15) is 11.6 Å². The standard InChI is InChI=1S/C19H20F4N4O4S/c20-16-4-3-13(32(29,30)27-8-10-31-11-9-27)12-14(16)18(28)26-7-6-25-17-15(19(21,22)23)2-1-5-24-17/h1-5,12H,6-11H2,(H,24,25)(H,26,28). The summed E-state index contributed by atoms with van der Waals surface area (Å²) < 4.78 is 84.8. The monoisotopic (exact) mass is 476 g/mol. The van der Waals surface area contributed by atoms with Crippen LogP contribution < -0.4 is 10.6 Å². The smallest absolute Gasteiger partial charge is 0.379 e. The van der Waals surface area contributed by atoms with E-state index >= 15 is 0 Å². The van der Waals surface area contributed by atoms with E-state index in [1.807, 2.05) is 0 Å². The average Bonchev–Trinajstić information content (AvgIpc) is 2.77. The molecule has 32 heavy (non-hydrogen) atoms. The maximum atomic E-state index is 14.2. The van der Waals surface area contributed by atoms with Crippen molar-refractivity contribution in [3.63, 3.8) is 0 Å². The molecular formula is C19H20F4N4O4S. The van der Waals surface area contributed by atoms with Crippen molar-refractivity contribution in [1.29, 1.82) is 0 Å². The topological polar surface area (TPSA) is 101 Å². The van der Waals surface area contributed by atoms with Gasteiger partial charge in [-0.1, -0.05) is 0 Å². The lowest BCUT2D eigenvalue weighted by Gasteiger charge is -2.26. The molecule has 1 aliphatic rings. The molecule has 1 aromatic carbocycles. The highest BCUT2D eigenvalue weighted by atomic mass is 32.2. The zero-order valence-corrected chi connectivity index (χ0v) is 17.5. The SMILES string of the molecule is O=C(NCCNc1ncccc1C(F)(F)F)c1cc(S(=O)(=O)N2CCOCC2)ccc1F. The molecule has 0 saturated carbocycles. The lowest BCUT2D eigenvalue weighted by Crippen LogP contribution is -2.40. The lowest BCUT2D eigenvalue weighted by atomic mass is 10.2. The second-order valence-electron chi connectivity index (χ2n) is 6.74. The summed E-state index contributed by atoms with van der Waals surface area (Å²) in [6.07, 6.45) is -3.42. The number of anilines is 1. The second kappa shape index (κ2) is 9.79. The number of nitrogens with one attached hydrogen (secondary N) is 2. The highest BCUT2D eigenvalue weighted by Crippen LogP contribution is 2.33. The quantitative estimate of drug-likeness (QED) is 0.469. The number of pyridine rings is 1. The fraction of sp³-hybridized carbons (Fsp3) is 0.368. The van der Waals surface area contributed by atoms with E-state index in [0.29, 0.717) is 0 Å². The Bertz CT molecular complexity index is 1070. The number of hydrogen-bond donors (Lipinski definition) is 2. The Morgan fingerprint density at radius 1 is 1.16 bits per heavy atom. The molecule has 174 valence electrons. The van der Waals surface area contributed by atoms with Gasteiger partial charge in [-0.05, 0) is 30.3 Å². The molecule has 0 aliphatic carbocycles. The van der Waals surface area contributed by atoms with Crippen LogP contribution in [-0.4, -0.2) is 63.0 Å². The van der Waals surface area contributed by atoms with E-state index in [0.717, 1.165) is 30.3 Å². The third-order valence-corrected chi connectivity index (χ3v) is 6.50. The molecule has 2 heterocycles. The number of carbonyl (C=O) groups is 1. The molecule has 1 amide bonds. The van der Waals surface area contributed by atoms with Crippen molar-refractivity contribution in [1.82, 2.24) is 14.6 Å². The first-order valence-corrected chi connectivity index (χ1v) is 11.0. The van der Waals surface area contributed by atoms with Gasteiger partial charge in [-0.3, -0.25) is 4.79 Å². The van der Waals surface area contributed by atoms with Crippen molar-refractivity contribution in [2.24, 2.45) is 0 Å². The van der Waals surface area contributed by atoms with Gasteiger partial charge in [0.2, 0.25) is 10.0 Å². The normalized spacial score (nSPS) is 15.4. The fourth-order valence-electron chi connectivity index (χ4n) is 3.00. The first-order valence-electron chi connectivity index (χ1n) is 9.52. The number of ether oxygens (including phenoxy) is 1. The Morgan fingerprint density at radius 3 is 2.56 bits per heavy atom. The Morgan fingerprint density at radius 2 is 1.88 bits per heavy atom. The van der Waals surface area contributed by atoms with E-state index in [9.17, 15) is 30.8 Å². The van der Waals surface area contributed by atoms with Crippen LogP contribution in [0.15, 0.2) is 41.4 Å². The fourth-order valence-corrected chi connectivity index (χ4v) is 4.44. The van der Waals surface area contributed by atoms with Crippen molar-refractivity contribution in [3.05, 3.63) is 53.5 Å². The highest BCUT2D eigenvalue weighted by Gasteiger charge is 2.34. The van der Waals surface area contributed by atoms with Gasteiger partial charge in [0.25, 0.3) is 5.91 Å². The maximum Gasteiger partial charge on any atom is 0.419 e. The van der Waals surface area contributed by atoms with Crippen LogP contribution in [0.2, 0.25) is 0 Å².